The van der Waals surface area contributed by atoms with Crippen molar-refractivity contribution in [3.63, 3.8) is 0 Å². The van der Waals surface area contributed by atoms with E-state index < -0.39 is 15.7 Å². The number of para-hydroxylation sites is 1. The van der Waals surface area contributed by atoms with E-state index in [-0.39, 0.29) is 18.1 Å². The fourth-order valence-electron chi connectivity index (χ4n) is 1.42. The smallest absolute Gasteiger partial charge is 0.253 e. The first-order valence-electron chi connectivity index (χ1n) is 5.62. The fourth-order valence-corrected chi connectivity index (χ4v) is 1.97. The number of amides is 2. The second-order valence-corrected chi connectivity index (χ2v) is 6.31. The van der Waals surface area contributed by atoms with Crippen LogP contribution in [0.2, 0.25) is 0 Å². The summed E-state index contributed by atoms with van der Waals surface area (Å²) in [5.74, 6) is -0.984. The molecule has 19 heavy (non-hydrogen) atoms. The van der Waals surface area contributed by atoms with E-state index in [2.05, 4.69) is 10.6 Å². The van der Waals surface area contributed by atoms with Gasteiger partial charge in [0.1, 0.15) is 9.84 Å². The number of hydrogen-bond donors (Lipinski definition) is 2. The van der Waals surface area contributed by atoms with Crippen molar-refractivity contribution in [1.82, 2.24) is 5.32 Å². The summed E-state index contributed by atoms with van der Waals surface area (Å²) in [5, 5.41) is 5.00. The molecule has 2 amide bonds. The topological polar surface area (TPSA) is 92.3 Å². The molecular formula is C12H16N2O4S. The van der Waals surface area contributed by atoms with Crippen molar-refractivity contribution in [3.8, 4) is 0 Å². The number of hydrogen-bond acceptors (Lipinski definition) is 4. The lowest BCUT2D eigenvalue weighted by molar-refractivity contribution is -0.115. The van der Waals surface area contributed by atoms with Crippen LogP contribution in [0.4, 0.5) is 5.69 Å². The highest BCUT2D eigenvalue weighted by atomic mass is 32.2. The van der Waals surface area contributed by atoms with Crippen molar-refractivity contribution in [2.75, 3.05) is 24.4 Å². The average molecular weight is 284 g/mol. The monoisotopic (exact) mass is 284 g/mol. The van der Waals surface area contributed by atoms with Gasteiger partial charge in [0.2, 0.25) is 5.91 Å². The molecule has 0 bridgehead atoms. The molecule has 0 saturated carbocycles. The highest BCUT2D eigenvalue weighted by Gasteiger charge is 2.13. The summed E-state index contributed by atoms with van der Waals surface area (Å²) < 4.78 is 21.9. The van der Waals surface area contributed by atoms with Crippen molar-refractivity contribution >= 4 is 27.3 Å². The summed E-state index contributed by atoms with van der Waals surface area (Å²) in [6, 6.07) is 6.52. The normalized spacial score (nSPS) is 10.8. The third-order valence-corrected chi connectivity index (χ3v) is 3.32. The standard InChI is InChI=1S/C12H16N2O4S/c1-13-12(16)9-5-3-4-6-10(9)14-11(15)7-8-19(2,17)18/h3-6H,7-8H2,1-2H3,(H,13,16)(H,14,15). The van der Waals surface area contributed by atoms with Gasteiger partial charge in [0.05, 0.1) is 17.0 Å². The van der Waals surface area contributed by atoms with E-state index in [0.29, 0.717) is 11.3 Å². The first-order chi connectivity index (χ1) is 8.83. The van der Waals surface area contributed by atoms with Gasteiger partial charge in [-0.15, -0.1) is 0 Å². The van der Waals surface area contributed by atoms with Gasteiger partial charge in [0.25, 0.3) is 5.91 Å². The minimum Gasteiger partial charge on any atom is -0.355 e. The van der Waals surface area contributed by atoms with Crippen LogP contribution in [0, 0.1) is 0 Å². The molecule has 1 aromatic carbocycles. The van der Waals surface area contributed by atoms with Gasteiger partial charge in [0, 0.05) is 19.7 Å². The summed E-state index contributed by atoms with van der Waals surface area (Å²) in [4.78, 5) is 23.2. The Morgan fingerprint density at radius 1 is 1.21 bits per heavy atom. The van der Waals surface area contributed by atoms with Gasteiger partial charge in [-0.3, -0.25) is 9.59 Å². The lowest BCUT2D eigenvalue weighted by Gasteiger charge is -2.09. The Bertz CT molecular complexity index is 581. The maximum Gasteiger partial charge on any atom is 0.253 e. The van der Waals surface area contributed by atoms with Crippen LogP contribution in [0.5, 0.6) is 0 Å². The minimum atomic E-state index is -3.18. The Balaban J connectivity index is 2.77. The molecule has 0 radical (unpaired) electrons. The third kappa shape index (κ3) is 5.09. The first-order valence-corrected chi connectivity index (χ1v) is 7.68. The van der Waals surface area contributed by atoms with Crippen LogP contribution in [-0.4, -0.2) is 39.3 Å². The summed E-state index contributed by atoms with van der Waals surface area (Å²) in [7, 11) is -1.69. The van der Waals surface area contributed by atoms with Crippen LogP contribution >= 0.6 is 0 Å². The van der Waals surface area contributed by atoms with Gasteiger partial charge >= 0.3 is 0 Å². The molecule has 0 aliphatic heterocycles. The van der Waals surface area contributed by atoms with Gasteiger partial charge in [-0.25, -0.2) is 8.42 Å². The first kappa shape index (κ1) is 15.2. The van der Waals surface area contributed by atoms with E-state index in [1.807, 2.05) is 0 Å². The van der Waals surface area contributed by atoms with Gasteiger partial charge in [0.15, 0.2) is 0 Å². The second-order valence-electron chi connectivity index (χ2n) is 4.05. The molecular weight excluding hydrogens is 268 g/mol. The largest absolute Gasteiger partial charge is 0.355 e. The zero-order chi connectivity index (χ0) is 14.5. The molecule has 0 fully saturated rings. The molecule has 0 spiro atoms. The van der Waals surface area contributed by atoms with E-state index in [1.165, 1.54) is 7.05 Å². The van der Waals surface area contributed by atoms with Crippen molar-refractivity contribution < 1.29 is 18.0 Å². The molecule has 0 unspecified atom stereocenters. The maximum atomic E-state index is 11.6. The van der Waals surface area contributed by atoms with Gasteiger partial charge in [-0.05, 0) is 12.1 Å². The van der Waals surface area contributed by atoms with Crippen LogP contribution < -0.4 is 10.6 Å². The summed E-state index contributed by atoms with van der Waals surface area (Å²) in [5.41, 5.74) is 0.693. The molecule has 0 aliphatic rings. The molecule has 1 rings (SSSR count). The van der Waals surface area contributed by atoms with E-state index in [9.17, 15) is 18.0 Å². The highest BCUT2D eigenvalue weighted by molar-refractivity contribution is 7.90. The molecule has 0 atom stereocenters. The molecule has 0 saturated heterocycles. The van der Waals surface area contributed by atoms with Crippen molar-refractivity contribution in [3.05, 3.63) is 29.8 Å². The molecule has 7 heteroatoms. The van der Waals surface area contributed by atoms with Gasteiger partial charge in [-0.2, -0.15) is 0 Å². The molecule has 0 aromatic heterocycles. The predicted octanol–water partition coefficient (Wildman–Crippen LogP) is 0.419. The predicted molar refractivity (Wildman–Crippen MR) is 72.8 cm³/mol. The minimum absolute atomic E-state index is 0.138. The van der Waals surface area contributed by atoms with E-state index in [1.54, 1.807) is 24.3 Å². The third-order valence-electron chi connectivity index (χ3n) is 2.37. The number of carbonyl (C=O) groups is 2. The Morgan fingerprint density at radius 3 is 2.42 bits per heavy atom. The average Bonchev–Trinajstić information content (AvgIpc) is 2.35. The molecule has 6 nitrogen and oxygen atoms in total. The Kier molecular flexibility index (Phi) is 5.05. The Labute approximate surface area is 112 Å². The van der Waals surface area contributed by atoms with Crippen LogP contribution in [-0.2, 0) is 14.6 Å². The summed E-state index contributed by atoms with van der Waals surface area (Å²) >= 11 is 0. The Morgan fingerprint density at radius 2 is 1.84 bits per heavy atom. The fraction of sp³-hybridized carbons (Fsp3) is 0.333. The lowest BCUT2D eigenvalue weighted by Crippen LogP contribution is -2.22. The van der Waals surface area contributed by atoms with Crippen LogP contribution in [0.15, 0.2) is 24.3 Å². The zero-order valence-corrected chi connectivity index (χ0v) is 11.6. The van der Waals surface area contributed by atoms with Crippen LogP contribution in [0.3, 0.4) is 0 Å². The second kappa shape index (κ2) is 6.33. The van der Waals surface area contributed by atoms with E-state index >= 15 is 0 Å². The molecule has 1 aromatic rings. The SMILES string of the molecule is CNC(=O)c1ccccc1NC(=O)CCS(C)(=O)=O. The molecule has 2 N–H and O–H groups in total. The van der Waals surface area contributed by atoms with Gasteiger partial charge in [-0.1, -0.05) is 12.1 Å². The number of anilines is 1. The molecule has 0 heterocycles. The maximum absolute atomic E-state index is 11.6. The highest BCUT2D eigenvalue weighted by Crippen LogP contribution is 2.15. The van der Waals surface area contributed by atoms with E-state index in [0.717, 1.165) is 6.26 Å². The number of sulfone groups is 1. The molecule has 0 aliphatic carbocycles. The van der Waals surface area contributed by atoms with Crippen LogP contribution in [0.1, 0.15) is 16.8 Å². The lowest BCUT2D eigenvalue weighted by atomic mass is 10.1. The van der Waals surface area contributed by atoms with E-state index in [4.69, 9.17) is 0 Å². The van der Waals surface area contributed by atoms with Crippen molar-refractivity contribution in [2.24, 2.45) is 0 Å². The summed E-state index contributed by atoms with van der Waals surface area (Å²) in [6.45, 7) is 0. The number of benzene rings is 1. The number of nitrogens with one attached hydrogen (secondary N) is 2. The molecule has 104 valence electrons. The van der Waals surface area contributed by atoms with Crippen LogP contribution in [0.25, 0.3) is 0 Å². The Hall–Kier alpha value is -1.89. The quantitative estimate of drug-likeness (QED) is 0.819. The number of rotatable bonds is 5. The zero-order valence-electron chi connectivity index (χ0n) is 10.8. The summed E-state index contributed by atoms with van der Waals surface area (Å²) in [6.07, 6.45) is 0.930. The van der Waals surface area contributed by atoms with Crippen molar-refractivity contribution in [1.29, 1.82) is 0 Å². The van der Waals surface area contributed by atoms with Crippen molar-refractivity contribution in [2.45, 2.75) is 6.42 Å². The van der Waals surface area contributed by atoms with Gasteiger partial charge < -0.3 is 10.6 Å². The number of carbonyl (C=O) groups excluding carboxylic acids is 2.